The van der Waals surface area contributed by atoms with Crippen molar-refractivity contribution in [2.24, 2.45) is 0 Å². The Morgan fingerprint density at radius 3 is 2.89 bits per heavy atom. The largest absolute Gasteiger partial charge is 0.483 e. The van der Waals surface area contributed by atoms with E-state index in [1.165, 1.54) is 18.2 Å². The maximum absolute atomic E-state index is 12.8. The van der Waals surface area contributed by atoms with Crippen LogP contribution in [0.2, 0.25) is 0 Å². The van der Waals surface area contributed by atoms with Crippen LogP contribution in [0.15, 0.2) is 22.7 Å². The molecular weight excluding hydrogens is 321 g/mol. The van der Waals surface area contributed by atoms with Crippen LogP contribution >= 0.6 is 15.9 Å². The summed E-state index contributed by atoms with van der Waals surface area (Å²) in [4.78, 5) is 11.4. The minimum atomic E-state index is -0.385. The fourth-order valence-corrected chi connectivity index (χ4v) is 1.68. The molecule has 0 spiro atoms. The average Bonchev–Trinajstić information content (AvgIpc) is 2.37. The van der Waals surface area contributed by atoms with Crippen LogP contribution in [0.25, 0.3) is 0 Å². The molecule has 7 heteroatoms. The molecule has 0 aliphatic carbocycles. The molecule has 0 aliphatic heterocycles. The molecule has 2 N–H and O–H groups in total. The summed E-state index contributed by atoms with van der Waals surface area (Å²) >= 11 is 3.14. The number of aliphatic hydroxyl groups is 1. The minimum Gasteiger partial charge on any atom is -0.483 e. The lowest BCUT2D eigenvalue weighted by Crippen LogP contribution is -2.31. The van der Waals surface area contributed by atoms with Gasteiger partial charge in [0.1, 0.15) is 11.6 Å². The molecule has 19 heavy (non-hydrogen) atoms. The fraction of sp³-hybridized carbons (Fsp3) is 0.417. The van der Waals surface area contributed by atoms with E-state index in [0.29, 0.717) is 23.4 Å². The number of hydrogen-bond donors (Lipinski definition) is 2. The third kappa shape index (κ3) is 6.51. The Morgan fingerprint density at radius 1 is 1.42 bits per heavy atom. The standard InChI is InChI=1S/C12H15BrFNO4/c13-10-7-9(14)1-2-11(10)19-8-12(17)15-3-5-18-6-4-16/h1-2,7,16H,3-6,8H2,(H,15,17). The third-order valence-electron chi connectivity index (χ3n) is 2.06. The van der Waals surface area contributed by atoms with Gasteiger partial charge in [0.15, 0.2) is 6.61 Å². The number of carbonyl (C=O) groups excluding carboxylic acids is 1. The number of nitrogens with one attached hydrogen (secondary N) is 1. The van der Waals surface area contributed by atoms with Gasteiger partial charge in [-0.15, -0.1) is 0 Å². The zero-order valence-electron chi connectivity index (χ0n) is 10.2. The molecule has 1 aromatic rings. The highest BCUT2D eigenvalue weighted by Crippen LogP contribution is 2.25. The van der Waals surface area contributed by atoms with Crippen LogP contribution in [-0.4, -0.2) is 44.0 Å². The van der Waals surface area contributed by atoms with E-state index in [0.717, 1.165) is 0 Å². The number of amides is 1. The Kier molecular flexibility index (Phi) is 7.39. The van der Waals surface area contributed by atoms with E-state index in [1.807, 2.05) is 0 Å². The van der Waals surface area contributed by atoms with Gasteiger partial charge in [-0.1, -0.05) is 0 Å². The molecule has 1 amide bonds. The average molecular weight is 336 g/mol. The number of halogens is 2. The van der Waals surface area contributed by atoms with Gasteiger partial charge >= 0.3 is 0 Å². The van der Waals surface area contributed by atoms with Crippen molar-refractivity contribution in [2.75, 3.05) is 33.0 Å². The lowest BCUT2D eigenvalue weighted by molar-refractivity contribution is -0.123. The summed E-state index contributed by atoms with van der Waals surface area (Å²) in [5, 5.41) is 11.0. The molecule has 0 bridgehead atoms. The lowest BCUT2D eigenvalue weighted by Gasteiger charge is -2.09. The van der Waals surface area contributed by atoms with E-state index in [4.69, 9.17) is 14.6 Å². The first-order valence-electron chi connectivity index (χ1n) is 5.66. The summed E-state index contributed by atoms with van der Waals surface area (Å²) in [5.74, 6) is -0.290. The van der Waals surface area contributed by atoms with Crippen molar-refractivity contribution < 1.29 is 23.8 Å². The first-order valence-corrected chi connectivity index (χ1v) is 6.46. The van der Waals surface area contributed by atoms with Crippen LogP contribution in [0, 0.1) is 5.82 Å². The Bertz CT molecular complexity index is 417. The molecule has 0 fully saturated rings. The van der Waals surface area contributed by atoms with E-state index in [9.17, 15) is 9.18 Å². The number of carbonyl (C=O) groups is 1. The van der Waals surface area contributed by atoms with Gasteiger partial charge in [0.2, 0.25) is 0 Å². The number of benzene rings is 1. The van der Waals surface area contributed by atoms with Gasteiger partial charge in [-0.3, -0.25) is 4.79 Å². The molecule has 5 nitrogen and oxygen atoms in total. The van der Waals surface area contributed by atoms with E-state index < -0.39 is 0 Å². The van der Waals surface area contributed by atoms with Crippen LogP contribution in [0.4, 0.5) is 4.39 Å². The smallest absolute Gasteiger partial charge is 0.258 e. The van der Waals surface area contributed by atoms with E-state index in [1.54, 1.807) is 0 Å². The van der Waals surface area contributed by atoms with Gasteiger partial charge in [-0.25, -0.2) is 4.39 Å². The summed E-state index contributed by atoms with van der Waals surface area (Å²) in [6, 6.07) is 3.95. The molecule has 0 aliphatic rings. The second kappa shape index (κ2) is 8.84. The van der Waals surface area contributed by atoms with Crippen molar-refractivity contribution in [2.45, 2.75) is 0 Å². The normalized spacial score (nSPS) is 10.3. The molecule has 0 saturated heterocycles. The Labute approximate surface area is 118 Å². The fourth-order valence-electron chi connectivity index (χ4n) is 1.22. The number of hydrogen-bond acceptors (Lipinski definition) is 4. The monoisotopic (exact) mass is 335 g/mol. The van der Waals surface area contributed by atoms with E-state index in [2.05, 4.69) is 21.2 Å². The van der Waals surface area contributed by atoms with Crippen molar-refractivity contribution in [1.82, 2.24) is 5.32 Å². The highest BCUT2D eigenvalue weighted by molar-refractivity contribution is 9.10. The predicted molar refractivity (Wildman–Crippen MR) is 70.5 cm³/mol. The lowest BCUT2D eigenvalue weighted by atomic mass is 10.3. The molecular formula is C12H15BrFNO4. The summed E-state index contributed by atoms with van der Waals surface area (Å²) in [7, 11) is 0. The van der Waals surface area contributed by atoms with Gasteiger partial charge in [0.25, 0.3) is 5.91 Å². The Hall–Kier alpha value is -1.18. The highest BCUT2D eigenvalue weighted by atomic mass is 79.9. The summed E-state index contributed by atoms with van der Waals surface area (Å²) in [6.07, 6.45) is 0. The SMILES string of the molecule is O=C(COc1ccc(F)cc1Br)NCCOCCO. The van der Waals surface area contributed by atoms with Crippen molar-refractivity contribution in [3.8, 4) is 5.75 Å². The molecule has 0 unspecified atom stereocenters. The Morgan fingerprint density at radius 2 is 2.21 bits per heavy atom. The molecule has 0 radical (unpaired) electrons. The topological polar surface area (TPSA) is 67.8 Å². The summed E-state index contributed by atoms with van der Waals surface area (Å²) in [6.45, 7) is 0.702. The first-order chi connectivity index (χ1) is 9.13. The molecule has 0 atom stereocenters. The number of rotatable bonds is 8. The maximum atomic E-state index is 12.8. The van der Waals surface area contributed by atoms with Gasteiger partial charge < -0.3 is 19.9 Å². The summed E-state index contributed by atoms with van der Waals surface area (Å²) in [5.41, 5.74) is 0. The maximum Gasteiger partial charge on any atom is 0.258 e. The molecule has 0 aromatic heterocycles. The predicted octanol–water partition coefficient (Wildman–Crippen LogP) is 1.09. The zero-order valence-corrected chi connectivity index (χ0v) is 11.8. The second-order valence-corrected chi connectivity index (χ2v) is 4.40. The van der Waals surface area contributed by atoms with Crippen LogP contribution < -0.4 is 10.1 Å². The van der Waals surface area contributed by atoms with Gasteiger partial charge in [-0.05, 0) is 34.1 Å². The number of aliphatic hydroxyl groups excluding tert-OH is 1. The second-order valence-electron chi connectivity index (χ2n) is 3.55. The van der Waals surface area contributed by atoms with E-state index in [-0.39, 0.29) is 31.5 Å². The van der Waals surface area contributed by atoms with Crippen molar-refractivity contribution >= 4 is 21.8 Å². The number of ether oxygens (including phenoxy) is 2. The highest BCUT2D eigenvalue weighted by Gasteiger charge is 2.06. The minimum absolute atomic E-state index is 0.0460. The van der Waals surface area contributed by atoms with Crippen molar-refractivity contribution in [1.29, 1.82) is 0 Å². The van der Waals surface area contributed by atoms with Gasteiger partial charge in [0, 0.05) is 6.54 Å². The molecule has 0 saturated carbocycles. The zero-order chi connectivity index (χ0) is 14.1. The molecule has 0 heterocycles. The van der Waals surface area contributed by atoms with Crippen LogP contribution in [0.3, 0.4) is 0 Å². The third-order valence-corrected chi connectivity index (χ3v) is 2.68. The Balaban J connectivity index is 2.22. The molecule has 1 aromatic carbocycles. The molecule has 1 rings (SSSR count). The van der Waals surface area contributed by atoms with Crippen LogP contribution in [0.1, 0.15) is 0 Å². The van der Waals surface area contributed by atoms with Crippen LogP contribution in [-0.2, 0) is 9.53 Å². The van der Waals surface area contributed by atoms with Crippen LogP contribution in [0.5, 0.6) is 5.75 Å². The summed E-state index contributed by atoms with van der Waals surface area (Å²) < 4.78 is 23.5. The molecule has 106 valence electrons. The van der Waals surface area contributed by atoms with Gasteiger partial charge in [0.05, 0.1) is 24.3 Å². The quantitative estimate of drug-likeness (QED) is 0.698. The van der Waals surface area contributed by atoms with Gasteiger partial charge in [-0.2, -0.15) is 0 Å². The van der Waals surface area contributed by atoms with Crippen molar-refractivity contribution in [3.63, 3.8) is 0 Å². The van der Waals surface area contributed by atoms with Crippen molar-refractivity contribution in [3.05, 3.63) is 28.5 Å². The first kappa shape index (κ1) is 15.9. The van der Waals surface area contributed by atoms with E-state index >= 15 is 0 Å².